The highest BCUT2D eigenvalue weighted by atomic mass is 32.2. The summed E-state index contributed by atoms with van der Waals surface area (Å²) in [5.74, 6) is 0.867. The topological polar surface area (TPSA) is 61.4 Å². The number of rotatable bonds is 12. The largest absolute Gasteiger partial charge is 0.317 e. The Morgan fingerprint density at radius 3 is 2.53 bits per heavy atom. The Labute approximate surface area is 118 Å². The minimum absolute atomic E-state index is 0.564. The van der Waals surface area contributed by atoms with Crippen molar-refractivity contribution in [2.75, 3.05) is 33.2 Å². The first-order valence-corrected chi connectivity index (χ1v) is 8.92. The Bertz CT molecular complexity index is 329. The van der Waals surface area contributed by atoms with E-state index in [9.17, 15) is 8.42 Å². The molecule has 2 N–H and O–H groups in total. The van der Waals surface area contributed by atoms with Crippen LogP contribution in [0.3, 0.4) is 0 Å². The summed E-state index contributed by atoms with van der Waals surface area (Å²) in [6.45, 7) is 5.12. The van der Waals surface area contributed by atoms with Gasteiger partial charge < -0.3 is 5.32 Å². The molecular weight excluding hydrogens is 262 g/mol. The number of hydrogen-bond donors (Lipinski definition) is 2. The molecule has 19 heavy (non-hydrogen) atoms. The van der Waals surface area contributed by atoms with Gasteiger partial charge in [-0.15, -0.1) is 0 Å². The van der Waals surface area contributed by atoms with E-state index in [4.69, 9.17) is 0 Å². The highest BCUT2D eigenvalue weighted by Gasteiger charge is 2.21. The van der Waals surface area contributed by atoms with Crippen LogP contribution in [0.15, 0.2) is 0 Å². The van der Waals surface area contributed by atoms with Gasteiger partial charge in [0.1, 0.15) is 0 Å². The Balaban J connectivity index is 2.07. The molecule has 0 heterocycles. The van der Waals surface area contributed by atoms with Gasteiger partial charge in [-0.25, -0.2) is 4.72 Å². The zero-order valence-electron chi connectivity index (χ0n) is 12.3. The molecule has 1 saturated carbocycles. The standard InChI is InChI=1S/C13H29N3O2S/c1-3-9-14-10-5-12-16(2)19(17,18)15-11-4-6-13-7-8-13/h13-15H,3-12H2,1-2H3. The average Bonchev–Trinajstić information content (AvgIpc) is 3.18. The molecule has 0 spiro atoms. The molecule has 0 radical (unpaired) electrons. The van der Waals surface area contributed by atoms with Gasteiger partial charge in [0, 0.05) is 20.1 Å². The molecule has 6 heteroatoms. The summed E-state index contributed by atoms with van der Waals surface area (Å²) in [6, 6.07) is 0. The van der Waals surface area contributed by atoms with Crippen molar-refractivity contribution in [2.45, 2.75) is 45.4 Å². The molecule has 0 amide bonds. The fourth-order valence-corrected chi connectivity index (χ4v) is 2.95. The van der Waals surface area contributed by atoms with E-state index in [2.05, 4.69) is 17.0 Å². The van der Waals surface area contributed by atoms with E-state index in [-0.39, 0.29) is 0 Å². The van der Waals surface area contributed by atoms with Crippen LogP contribution in [-0.4, -0.2) is 45.9 Å². The Hall–Kier alpha value is -0.170. The van der Waals surface area contributed by atoms with Crippen LogP contribution in [0.5, 0.6) is 0 Å². The van der Waals surface area contributed by atoms with Crippen molar-refractivity contribution in [3.63, 3.8) is 0 Å². The normalized spacial score (nSPS) is 16.2. The maximum Gasteiger partial charge on any atom is 0.279 e. The summed E-state index contributed by atoms with van der Waals surface area (Å²) >= 11 is 0. The van der Waals surface area contributed by atoms with Crippen LogP contribution in [0.2, 0.25) is 0 Å². The monoisotopic (exact) mass is 291 g/mol. The van der Waals surface area contributed by atoms with Gasteiger partial charge in [-0.1, -0.05) is 19.8 Å². The molecule has 0 saturated heterocycles. The van der Waals surface area contributed by atoms with Gasteiger partial charge >= 0.3 is 0 Å². The summed E-state index contributed by atoms with van der Waals surface area (Å²) < 4.78 is 27.9. The second-order valence-electron chi connectivity index (χ2n) is 5.41. The third kappa shape index (κ3) is 7.87. The second-order valence-corrected chi connectivity index (χ2v) is 7.27. The number of hydrogen-bond acceptors (Lipinski definition) is 3. The first-order chi connectivity index (χ1) is 9.06. The van der Waals surface area contributed by atoms with Crippen molar-refractivity contribution in [3.05, 3.63) is 0 Å². The summed E-state index contributed by atoms with van der Waals surface area (Å²) in [5, 5.41) is 3.27. The van der Waals surface area contributed by atoms with Crippen LogP contribution in [0.25, 0.3) is 0 Å². The highest BCUT2D eigenvalue weighted by molar-refractivity contribution is 7.87. The quantitative estimate of drug-likeness (QED) is 0.533. The molecule has 0 unspecified atom stereocenters. The van der Waals surface area contributed by atoms with Crippen molar-refractivity contribution in [2.24, 2.45) is 5.92 Å². The van der Waals surface area contributed by atoms with E-state index in [0.717, 1.165) is 44.7 Å². The lowest BCUT2D eigenvalue weighted by molar-refractivity contribution is 0.443. The van der Waals surface area contributed by atoms with E-state index < -0.39 is 10.2 Å². The average molecular weight is 291 g/mol. The third-order valence-corrected chi connectivity index (χ3v) is 5.01. The molecule has 0 aromatic rings. The van der Waals surface area contributed by atoms with Crippen LogP contribution in [0, 0.1) is 5.92 Å². The smallest absolute Gasteiger partial charge is 0.279 e. The molecule has 1 fully saturated rings. The van der Waals surface area contributed by atoms with Crippen molar-refractivity contribution in [3.8, 4) is 0 Å². The van der Waals surface area contributed by atoms with Gasteiger partial charge in [-0.3, -0.25) is 0 Å². The lowest BCUT2D eigenvalue weighted by Gasteiger charge is -2.17. The SMILES string of the molecule is CCCNCCCN(C)S(=O)(=O)NCCCC1CC1. The molecule has 5 nitrogen and oxygen atoms in total. The molecule has 1 aliphatic carbocycles. The van der Waals surface area contributed by atoms with Crippen LogP contribution in [0.1, 0.15) is 45.4 Å². The summed E-state index contributed by atoms with van der Waals surface area (Å²) in [6.07, 6.45) is 6.73. The van der Waals surface area contributed by atoms with Crippen LogP contribution in [0.4, 0.5) is 0 Å². The predicted octanol–water partition coefficient (Wildman–Crippen LogP) is 1.33. The number of nitrogens with zero attached hydrogens (tertiary/aromatic N) is 1. The molecule has 1 aliphatic rings. The number of nitrogens with one attached hydrogen (secondary N) is 2. The fraction of sp³-hybridized carbons (Fsp3) is 1.00. The minimum Gasteiger partial charge on any atom is -0.317 e. The predicted molar refractivity (Wildman–Crippen MR) is 79.3 cm³/mol. The van der Waals surface area contributed by atoms with Crippen molar-refractivity contribution >= 4 is 10.2 Å². The van der Waals surface area contributed by atoms with E-state index in [1.54, 1.807) is 7.05 Å². The first kappa shape index (κ1) is 16.9. The Kier molecular flexibility index (Phi) is 7.90. The molecule has 0 aliphatic heterocycles. The van der Waals surface area contributed by atoms with E-state index in [0.29, 0.717) is 13.1 Å². The minimum atomic E-state index is -3.28. The lowest BCUT2D eigenvalue weighted by atomic mass is 10.2. The Morgan fingerprint density at radius 1 is 1.16 bits per heavy atom. The van der Waals surface area contributed by atoms with Gasteiger partial charge in [0.25, 0.3) is 10.2 Å². The van der Waals surface area contributed by atoms with E-state index in [1.807, 2.05) is 0 Å². The molecule has 1 rings (SSSR count). The fourth-order valence-electron chi connectivity index (χ4n) is 1.96. The second kappa shape index (κ2) is 8.89. The third-order valence-electron chi connectivity index (χ3n) is 3.43. The van der Waals surface area contributed by atoms with Crippen LogP contribution < -0.4 is 10.0 Å². The van der Waals surface area contributed by atoms with Crippen LogP contribution >= 0.6 is 0 Å². The van der Waals surface area contributed by atoms with Crippen molar-refractivity contribution < 1.29 is 8.42 Å². The maximum absolute atomic E-state index is 11.9. The highest BCUT2D eigenvalue weighted by Crippen LogP contribution is 2.33. The zero-order chi connectivity index (χ0) is 14.1. The van der Waals surface area contributed by atoms with Crippen LogP contribution in [-0.2, 0) is 10.2 Å². The van der Waals surface area contributed by atoms with Crippen molar-refractivity contribution in [1.29, 1.82) is 0 Å². The van der Waals surface area contributed by atoms with E-state index in [1.165, 1.54) is 17.1 Å². The van der Waals surface area contributed by atoms with E-state index >= 15 is 0 Å². The first-order valence-electron chi connectivity index (χ1n) is 7.48. The van der Waals surface area contributed by atoms with Gasteiger partial charge in [-0.05, 0) is 44.7 Å². The molecule has 0 atom stereocenters. The zero-order valence-corrected chi connectivity index (χ0v) is 13.1. The summed E-state index contributed by atoms with van der Waals surface area (Å²) in [5.41, 5.74) is 0. The summed E-state index contributed by atoms with van der Waals surface area (Å²) in [4.78, 5) is 0. The Morgan fingerprint density at radius 2 is 1.89 bits per heavy atom. The molecule has 0 aromatic heterocycles. The molecule has 0 aromatic carbocycles. The molecule has 114 valence electrons. The molecular formula is C13H29N3O2S. The van der Waals surface area contributed by atoms with Crippen molar-refractivity contribution in [1.82, 2.24) is 14.3 Å². The van der Waals surface area contributed by atoms with Gasteiger partial charge in [0.15, 0.2) is 0 Å². The van der Waals surface area contributed by atoms with Gasteiger partial charge in [0.2, 0.25) is 0 Å². The van der Waals surface area contributed by atoms with Gasteiger partial charge in [0.05, 0.1) is 0 Å². The lowest BCUT2D eigenvalue weighted by Crippen LogP contribution is -2.39. The molecule has 0 bridgehead atoms. The summed E-state index contributed by atoms with van der Waals surface area (Å²) in [7, 11) is -1.63. The van der Waals surface area contributed by atoms with Gasteiger partial charge in [-0.2, -0.15) is 12.7 Å². The maximum atomic E-state index is 11.9.